The number of nitrogens with zero attached hydrogens (tertiary/aromatic N) is 1. The molecule has 16 heavy (non-hydrogen) atoms. The largest absolute Gasteiger partial charge is 0.490 e. The summed E-state index contributed by atoms with van der Waals surface area (Å²) in [5.41, 5.74) is 0.921. The lowest BCUT2D eigenvalue weighted by Crippen LogP contribution is -2.29. The molecule has 0 bridgehead atoms. The smallest absolute Gasteiger partial charge is 0.443 e. The van der Waals surface area contributed by atoms with Crippen molar-refractivity contribution in [2.45, 2.75) is 20.3 Å². The SMILES string of the molecule is CC(C)Cc1cc2cc(B(O)O)cnc2o1. The van der Waals surface area contributed by atoms with Gasteiger partial charge in [-0.2, -0.15) is 0 Å². The quantitative estimate of drug-likeness (QED) is 0.746. The Morgan fingerprint density at radius 3 is 2.75 bits per heavy atom. The molecule has 0 aliphatic rings. The van der Waals surface area contributed by atoms with E-state index in [1.165, 1.54) is 6.20 Å². The molecule has 0 aliphatic heterocycles. The molecular weight excluding hydrogens is 205 g/mol. The second-order valence-electron chi connectivity index (χ2n) is 4.35. The van der Waals surface area contributed by atoms with Gasteiger partial charge in [0.25, 0.3) is 0 Å². The van der Waals surface area contributed by atoms with Gasteiger partial charge in [0.05, 0.1) is 0 Å². The van der Waals surface area contributed by atoms with Crippen LogP contribution in [-0.4, -0.2) is 22.2 Å². The van der Waals surface area contributed by atoms with E-state index in [1.807, 2.05) is 6.07 Å². The van der Waals surface area contributed by atoms with Gasteiger partial charge in [-0.15, -0.1) is 0 Å². The van der Waals surface area contributed by atoms with Crippen LogP contribution in [0.4, 0.5) is 0 Å². The second kappa shape index (κ2) is 4.27. The second-order valence-corrected chi connectivity index (χ2v) is 4.35. The van der Waals surface area contributed by atoms with Gasteiger partial charge in [0.2, 0.25) is 5.71 Å². The zero-order valence-corrected chi connectivity index (χ0v) is 9.34. The Labute approximate surface area is 94.1 Å². The molecule has 5 heteroatoms. The number of rotatable bonds is 3. The van der Waals surface area contributed by atoms with Crippen LogP contribution in [0.2, 0.25) is 0 Å². The summed E-state index contributed by atoms with van der Waals surface area (Å²) in [7, 11) is -1.49. The molecule has 2 rings (SSSR count). The summed E-state index contributed by atoms with van der Waals surface area (Å²) < 4.78 is 5.54. The van der Waals surface area contributed by atoms with Crippen molar-refractivity contribution < 1.29 is 14.5 Å². The minimum absolute atomic E-state index is 0.379. The highest BCUT2D eigenvalue weighted by Crippen LogP contribution is 2.18. The van der Waals surface area contributed by atoms with Crippen molar-refractivity contribution in [3.63, 3.8) is 0 Å². The van der Waals surface area contributed by atoms with Gasteiger partial charge in [0.1, 0.15) is 5.76 Å². The van der Waals surface area contributed by atoms with E-state index < -0.39 is 7.12 Å². The van der Waals surface area contributed by atoms with Gasteiger partial charge in [-0.1, -0.05) is 13.8 Å². The van der Waals surface area contributed by atoms with Crippen molar-refractivity contribution in [1.29, 1.82) is 0 Å². The van der Waals surface area contributed by atoms with E-state index >= 15 is 0 Å². The van der Waals surface area contributed by atoms with Gasteiger partial charge in [0.15, 0.2) is 0 Å². The maximum Gasteiger partial charge on any atom is 0.490 e. The average Bonchev–Trinajstić information content (AvgIpc) is 2.56. The normalized spacial score (nSPS) is 11.3. The van der Waals surface area contributed by atoms with Crippen LogP contribution < -0.4 is 5.46 Å². The Balaban J connectivity index is 2.38. The summed E-state index contributed by atoms with van der Waals surface area (Å²) in [6.45, 7) is 4.23. The lowest BCUT2D eigenvalue weighted by Gasteiger charge is -1.98. The molecule has 0 saturated carbocycles. The first-order valence-corrected chi connectivity index (χ1v) is 5.31. The van der Waals surface area contributed by atoms with E-state index in [0.29, 0.717) is 17.1 Å². The first-order valence-electron chi connectivity index (χ1n) is 5.31. The highest BCUT2D eigenvalue weighted by atomic mass is 16.4. The number of aromatic nitrogens is 1. The fraction of sp³-hybridized carbons (Fsp3) is 0.364. The molecule has 0 radical (unpaired) electrons. The van der Waals surface area contributed by atoms with Crippen molar-refractivity contribution in [3.8, 4) is 0 Å². The number of hydrogen-bond donors (Lipinski definition) is 2. The van der Waals surface area contributed by atoms with E-state index in [1.54, 1.807) is 6.07 Å². The van der Waals surface area contributed by atoms with Crippen LogP contribution in [-0.2, 0) is 6.42 Å². The fourth-order valence-corrected chi connectivity index (χ4v) is 1.65. The van der Waals surface area contributed by atoms with Crippen LogP contribution in [0, 0.1) is 5.92 Å². The lowest BCUT2D eigenvalue weighted by atomic mass is 9.81. The molecule has 2 aromatic rings. The highest BCUT2D eigenvalue weighted by molar-refractivity contribution is 6.58. The third-order valence-corrected chi connectivity index (χ3v) is 2.35. The number of hydrogen-bond acceptors (Lipinski definition) is 4. The molecular formula is C11H14BNO3. The highest BCUT2D eigenvalue weighted by Gasteiger charge is 2.14. The standard InChI is InChI=1S/C11H14BNO3/c1-7(2)3-10-5-8-4-9(12(14)15)6-13-11(8)16-10/h4-7,14-15H,3H2,1-2H3. The predicted molar refractivity (Wildman–Crippen MR) is 62.4 cm³/mol. The van der Waals surface area contributed by atoms with E-state index in [4.69, 9.17) is 14.5 Å². The van der Waals surface area contributed by atoms with Crippen LogP contribution in [0.3, 0.4) is 0 Å². The topological polar surface area (TPSA) is 66.5 Å². The summed E-state index contributed by atoms with van der Waals surface area (Å²) >= 11 is 0. The Morgan fingerprint density at radius 1 is 1.38 bits per heavy atom. The van der Waals surface area contributed by atoms with Crippen LogP contribution in [0.15, 0.2) is 22.7 Å². The first kappa shape index (κ1) is 11.2. The van der Waals surface area contributed by atoms with Gasteiger partial charge in [0, 0.05) is 23.5 Å². The molecule has 2 N–H and O–H groups in total. The number of pyridine rings is 1. The van der Waals surface area contributed by atoms with E-state index in [-0.39, 0.29) is 0 Å². The van der Waals surface area contributed by atoms with Gasteiger partial charge in [-0.05, 0) is 18.1 Å². The fourth-order valence-electron chi connectivity index (χ4n) is 1.65. The summed E-state index contributed by atoms with van der Waals surface area (Å²) in [6.07, 6.45) is 2.27. The maximum atomic E-state index is 9.02. The van der Waals surface area contributed by atoms with Gasteiger partial charge in [-0.25, -0.2) is 4.98 Å². The van der Waals surface area contributed by atoms with Crippen LogP contribution in [0.25, 0.3) is 11.1 Å². The summed E-state index contributed by atoms with van der Waals surface area (Å²) in [4.78, 5) is 4.04. The predicted octanol–water partition coefficient (Wildman–Crippen LogP) is 0.706. The van der Waals surface area contributed by atoms with E-state index in [2.05, 4.69) is 18.8 Å². The molecule has 0 amide bonds. The molecule has 2 heterocycles. The minimum Gasteiger partial charge on any atom is -0.443 e. The molecule has 84 valence electrons. The zero-order chi connectivity index (χ0) is 11.7. The molecule has 4 nitrogen and oxygen atoms in total. The number of furan rings is 1. The van der Waals surface area contributed by atoms with Crippen LogP contribution >= 0.6 is 0 Å². The third kappa shape index (κ3) is 2.26. The van der Waals surface area contributed by atoms with Crippen molar-refractivity contribution in [1.82, 2.24) is 4.98 Å². The molecule has 0 aromatic carbocycles. The lowest BCUT2D eigenvalue weighted by molar-refractivity contribution is 0.425. The van der Waals surface area contributed by atoms with Crippen molar-refractivity contribution in [3.05, 3.63) is 24.1 Å². The van der Waals surface area contributed by atoms with Gasteiger partial charge < -0.3 is 14.5 Å². The number of fused-ring (bicyclic) bond motifs is 1. The summed E-state index contributed by atoms with van der Waals surface area (Å²) in [5.74, 6) is 1.39. The Hall–Kier alpha value is -1.33. The average molecular weight is 219 g/mol. The van der Waals surface area contributed by atoms with Crippen molar-refractivity contribution in [2.24, 2.45) is 5.92 Å². The molecule has 0 unspecified atom stereocenters. The van der Waals surface area contributed by atoms with Crippen molar-refractivity contribution >= 4 is 23.7 Å². The Bertz CT molecular complexity index is 493. The third-order valence-electron chi connectivity index (χ3n) is 2.35. The molecule has 0 fully saturated rings. The van der Waals surface area contributed by atoms with Crippen LogP contribution in [0.5, 0.6) is 0 Å². The minimum atomic E-state index is -1.49. The van der Waals surface area contributed by atoms with E-state index in [9.17, 15) is 0 Å². The molecule has 0 saturated heterocycles. The molecule has 0 spiro atoms. The van der Waals surface area contributed by atoms with Crippen molar-refractivity contribution in [2.75, 3.05) is 0 Å². The summed E-state index contributed by atoms with van der Waals surface area (Å²) in [6, 6.07) is 3.58. The van der Waals surface area contributed by atoms with E-state index in [0.717, 1.165) is 17.6 Å². The molecule has 0 atom stereocenters. The Kier molecular flexibility index (Phi) is 2.98. The van der Waals surface area contributed by atoms with Gasteiger partial charge in [-0.3, -0.25) is 0 Å². The van der Waals surface area contributed by atoms with Crippen LogP contribution in [0.1, 0.15) is 19.6 Å². The molecule has 0 aliphatic carbocycles. The summed E-state index contributed by atoms with van der Waals surface area (Å²) in [5, 5.41) is 18.8. The van der Waals surface area contributed by atoms with Gasteiger partial charge >= 0.3 is 7.12 Å². The zero-order valence-electron chi connectivity index (χ0n) is 9.34. The first-order chi connectivity index (χ1) is 7.56. The Morgan fingerprint density at radius 2 is 2.12 bits per heavy atom. The monoisotopic (exact) mass is 219 g/mol. The maximum absolute atomic E-state index is 9.02. The molecule has 2 aromatic heterocycles.